The van der Waals surface area contributed by atoms with Crippen molar-refractivity contribution >= 4 is 22.5 Å². The maximum atomic E-state index is 12.0. The van der Waals surface area contributed by atoms with E-state index in [1.165, 1.54) is 12.8 Å². The van der Waals surface area contributed by atoms with E-state index < -0.39 is 5.91 Å². The Kier molecular flexibility index (Phi) is 5.20. The summed E-state index contributed by atoms with van der Waals surface area (Å²) in [4.78, 5) is 16.4. The van der Waals surface area contributed by atoms with Gasteiger partial charge in [0.15, 0.2) is 5.69 Å². The highest BCUT2D eigenvalue weighted by atomic mass is 16.5. The number of nitrogens with two attached hydrogens (primary N) is 1. The third-order valence-corrected chi connectivity index (χ3v) is 6.29. The number of ether oxygens (including phenoxy) is 1. The number of nitrogens with one attached hydrogen (secondary N) is 1. The molecule has 0 radical (unpaired) electrons. The van der Waals surface area contributed by atoms with Crippen LogP contribution in [0, 0.1) is 5.92 Å². The van der Waals surface area contributed by atoms with Crippen molar-refractivity contribution in [1.29, 1.82) is 0 Å². The molecule has 4 aromatic rings. The summed E-state index contributed by atoms with van der Waals surface area (Å²) in [6.45, 7) is 2.12. The maximum Gasteiger partial charge on any atom is 0.271 e. The van der Waals surface area contributed by atoms with Crippen LogP contribution in [0.25, 0.3) is 33.4 Å². The molecule has 0 unspecified atom stereocenters. The Morgan fingerprint density at radius 1 is 1.18 bits per heavy atom. The molecule has 1 fully saturated rings. The van der Waals surface area contributed by atoms with Crippen LogP contribution in [0.15, 0.2) is 48.8 Å². The molecule has 1 atom stereocenters. The van der Waals surface area contributed by atoms with Crippen LogP contribution in [0.4, 0.5) is 5.69 Å². The lowest BCUT2D eigenvalue weighted by atomic mass is 10.00. The lowest BCUT2D eigenvalue weighted by molar-refractivity contribution is 0.0995. The highest BCUT2D eigenvalue weighted by molar-refractivity contribution is 6.05. The molecule has 8 nitrogen and oxygen atoms in total. The summed E-state index contributed by atoms with van der Waals surface area (Å²) >= 11 is 0. The first kappa shape index (κ1) is 20.9. The van der Waals surface area contributed by atoms with Crippen molar-refractivity contribution < 1.29 is 9.53 Å². The molecule has 1 saturated carbocycles. The minimum absolute atomic E-state index is 0.166. The normalized spacial score (nSPS) is 14.3. The minimum atomic E-state index is -0.592. The molecule has 0 spiro atoms. The quantitative estimate of drug-likeness (QED) is 0.448. The Morgan fingerprint density at radius 3 is 2.64 bits per heavy atom. The standard InChI is InChI=1S/C25H26N6O2/c1-14(15-4-5-15)28-22-19-9-6-16(12-20(19)29-30-23(22)24(26)32)18-8-7-17(13-21(18)33-3)25-27-10-11-31(25)2/h6-15H,4-5H2,1-3H3,(H2,26,32)(H,28,29)/t14-/m1/s1. The number of carbonyl (C=O) groups is 1. The molecular formula is C25H26N6O2. The first-order chi connectivity index (χ1) is 16.0. The highest BCUT2D eigenvalue weighted by Gasteiger charge is 2.29. The zero-order chi connectivity index (χ0) is 23.1. The van der Waals surface area contributed by atoms with Gasteiger partial charge in [0, 0.05) is 42.0 Å². The van der Waals surface area contributed by atoms with E-state index in [0.29, 0.717) is 17.1 Å². The van der Waals surface area contributed by atoms with Crippen LogP contribution in [0.2, 0.25) is 0 Å². The predicted octanol–water partition coefficient (Wildman–Crippen LogP) is 4.02. The van der Waals surface area contributed by atoms with E-state index in [9.17, 15) is 4.79 Å². The van der Waals surface area contributed by atoms with E-state index in [1.807, 2.05) is 54.2 Å². The fourth-order valence-electron chi connectivity index (χ4n) is 4.25. The topological polar surface area (TPSA) is 108 Å². The maximum absolute atomic E-state index is 12.0. The largest absolute Gasteiger partial charge is 0.496 e. The average Bonchev–Trinajstić information content (AvgIpc) is 3.59. The van der Waals surface area contributed by atoms with Crippen LogP contribution in [0.1, 0.15) is 30.3 Å². The third kappa shape index (κ3) is 3.88. The van der Waals surface area contributed by atoms with Crippen molar-refractivity contribution in [3.8, 4) is 28.3 Å². The van der Waals surface area contributed by atoms with Crippen LogP contribution in [0.5, 0.6) is 5.75 Å². The zero-order valence-electron chi connectivity index (χ0n) is 18.9. The van der Waals surface area contributed by atoms with Gasteiger partial charge in [0.05, 0.1) is 18.3 Å². The Morgan fingerprint density at radius 2 is 1.97 bits per heavy atom. The Bertz CT molecular complexity index is 1360. The number of amides is 1. The van der Waals surface area contributed by atoms with E-state index in [1.54, 1.807) is 13.3 Å². The number of primary amides is 1. The van der Waals surface area contributed by atoms with Crippen molar-refractivity contribution in [2.24, 2.45) is 18.7 Å². The van der Waals surface area contributed by atoms with Gasteiger partial charge in [-0.25, -0.2) is 4.98 Å². The summed E-state index contributed by atoms with van der Waals surface area (Å²) in [7, 11) is 3.61. The van der Waals surface area contributed by atoms with Crippen LogP contribution in [0.3, 0.4) is 0 Å². The number of rotatable bonds is 7. The van der Waals surface area contributed by atoms with Crippen molar-refractivity contribution in [2.75, 3.05) is 12.4 Å². The molecule has 2 aromatic heterocycles. The second-order valence-electron chi connectivity index (χ2n) is 8.57. The number of benzene rings is 2. The molecule has 0 bridgehead atoms. The number of aromatic nitrogens is 4. The van der Waals surface area contributed by atoms with Gasteiger partial charge in [-0.05, 0) is 55.5 Å². The first-order valence-electron chi connectivity index (χ1n) is 11.0. The molecule has 33 heavy (non-hydrogen) atoms. The molecule has 2 aromatic carbocycles. The van der Waals surface area contributed by atoms with E-state index in [4.69, 9.17) is 10.5 Å². The van der Waals surface area contributed by atoms with Crippen molar-refractivity contribution in [3.05, 3.63) is 54.5 Å². The van der Waals surface area contributed by atoms with Gasteiger partial charge in [0.1, 0.15) is 11.6 Å². The molecule has 5 rings (SSSR count). The summed E-state index contributed by atoms with van der Waals surface area (Å²) in [5, 5.41) is 12.7. The Balaban J connectivity index is 1.57. The molecule has 2 heterocycles. The van der Waals surface area contributed by atoms with Crippen LogP contribution < -0.4 is 15.8 Å². The fraction of sp³-hybridized carbons (Fsp3) is 0.280. The first-order valence-corrected chi connectivity index (χ1v) is 11.0. The average molecular weight is 443 g/mol. The van der Waals surface area contributed by atoms with Crippen molar-refractivity contribution in [3.63, 3.8) is 0 Å². The van der Waals surface area contributed by atoms with Gasteiger partial charge in [0.25, 0.3) is 5.91 Å². The van der Waals surface area contributed by atoms with E-state index in [2.05, 4.69) is 27.4 Å². The Hall–Kier alpha value is -3.94. The molecule has 3 N–H and O–H groups in total. The van der Waals surface area contributed by atoms with Gasteiger partial charge in [-0.1, -0.05) is 12.1 Å². The summed E-state index contributed by atoms with van der Waals surface area (Å²) in [5.41, 5.74) is 9.92. The second kappa shape index (κ2) is 8.20. The molecule has 168 valence electrons. The van der Waals surface area contributed by atoms with Gasteiger partial charge in [0.2, 0.25) is 0 Å². The summed E-state index contributed by atoms with van der Waals surface area (Å²) in [6, 6.07) is 12.2. The molecule has 0 saturated heterocycles. The lowest BCUT2D eigenvalue weighted by Crippen LogP contribution is -2.23. The second-order valence-corrected chi connectivity index (χ2v) is 8.57. The van der Waals surface area contributed by atoms with Gasteiger partial charge >= 0.3 is 0 Å². The SMILES string of the molecule is COc1cc(-c2nccn2C)ccc1-c1ccc2c(N[C@H](C)C3CC3)c(C(N)=O)nnc2c1. The fourth-order valence-corrected chi connectivity index (χ4v) is 4.25. The van der Waals surface area contributed by atoms with E-state index in [0.717, 1.165) is 33.7 Å². The number of hydrogen-bond acceptors (Lipinski definition) is 6. The van der Waals surface area contributed by atoms with Crippen molar-refractivity contribution in [2.45, 2.75) is 25.8 Å². The third-order valence-electron chi connectivity index (χ3n) is 6.29. The summed E-state index contributed by atoms with van der Waals surface area (Å²) in [5.74, 6) is 1.61. The number of carbonyl (C=O) groups excluding carboxylic acids is 1. The molecule has 1 aliphatic carbocycles. The number of nitrogens with zero attached hydrogens (tertiary/aromatic N) is 4. The minimum Gasteiger partial charge on any atom is -0.496 e. The molecule has 0 aliphatic heterocycles. The smallest absolute Gasteiger partial charge is 0.271 e. The molecule has 1 amide bonds. The number of methoxy groups -OCH3 is 1. The number of imidazole rings is 1. The highest BCUT2D eigenvalue weighted by Crippen LogP contribution is 2.38. The molecule has 1 aliphatic rings. The summed E-state index contributed by atoms with van der Waals surface area (Å²) < 4.78 is 7.67. The van der Waals surface area contributed by atoms with E-state index >= 15 is 0 Å². The van der Waals surface area contributed by atoms with Crippen LogP contribution >= 0.6 is 0 Å². The predicted molar refractivity (Wildman–Crippen MR) is 128 cm³/mol. The number of aryl methyl sites for hydroxylation is 1. The number of fused-ring (bicyclic) bond motifs is 1. The monoisotopic (exact) mass is 442 g/mol. The van der Waals surface area contributed by atoms with Crippen molar-refractivity contribution in [1.82, 2.24) is 19.7 Å². The number of hydrogen-bond donors (Lipinski definition) is 2. The molecule has 8 heteroatoms. The van der Waals surface area contributed by atoms with Crippen LogP contribution in [-0.2, 0) is 7.05 Å². The van der Waals surface area contributed by atoms with Crippen LogP contribution in [-0.4, -0.2) is 38.8 Å². The zero-order valence-corrected chi connectivity index (χ0v) is 18.9. The molecular weight excluding hydrogens is 416 g/mol. The summed E-state index contributed by atoms with van der Waals surface area (Å²) in [6.07, 6.45) is 6.06. The lowest BCUT2D eigenvalue weighted by Gasteiger charge is -2.18. The van der Waals surface area contributed by atoms with Gasteiger partial charge in [-0.2, -0.15) is 0 Å². The van der Waals surface area contributed by atoms with E-state index in [-0.39, 0.29) is 11.7 Å². The van der Waals surface area contributed by atoms with Gasteiger partial charge < -0.3 is 20.4 Å². The van der Waals surface area contributed by atoms with Gasteiger partial charge in [-0.3, -0.25) is 4.79 Å². The number of anilines is 1. The van der Waals surface area contributed by atoms with Gasteiger partial charge in [-0.15, -0.1) is 10.2 Å². The Labute approximate surface area is 191 Å².